The van der Waals surface area contributed by atoms with E-state index >= 15 is 0 Å². The molecule has 110 valence electrons. The van der Waals surface area contributed by atoms with Gasteiger partial charge in [-0.25, -0.2) is 4.39 Å². The fourth-order valence-electron chi connectivity index (χ4n) is 2.79. The highest BCUT2D eigenvalue weighted by Crippen LogP contribution is 2.41. The Balaban J connectivity index is 1.97. The zero-order valence-electron chi connectivity index (χ0n) is 12.0. The molecule has 21 heavy (non-hydrogen) atoms. The highest BCUT2D eigenvalue weighted by Gasteiger charge is 2.28. The summed E-state index contributed by atoms with van der Waals surface area (Å²) in [7, 11) is 1.95. The lowest BCUT2D eigenvalue weighted by molar-refractivity contribution is 0.153. The Labute approximate surface area is 132 Å². The zero-order chi connectivity index (χ0) is 15.0. The molecule has 2 aromatic carbocycles. The number of fused-ring (bicyclic) bond motifs is 1. The van der Waals surface area contributed by atoms with Crippen LogP contribution in [0.25, 0.3) is 0 Å². The Kier molecular flexibility index (Phi) is 4.00. The van der Waals surface area contributed by atoms with Gasteiger partial charge in [0, 0.05) is 22.5 Å². The van der Waals surface area contributed by atoms with Crippen LogP contribution in [0, 0.1) is 12.7 Å². The average molecular weight is 350 g/mol. The molecule has 2 nitrogen and oxygen atoms in total. The summed E-state index contributed by atoms with van der Waals surface area (Å²) < 4.78 is 20.6. The summed E-state index contributed by atoms with van der Waals surface area (Å²) in [6.45, 7) is 1.78. The SMILES string of the molecule is CNC1CC(c2ccc(F)c(C)c2)Oc2cc(Br)ccc21. The molecule has 3 rings (SSSR count). The molecule has 1 heterocycles. The lowest BCUT2D eigenvalue weighted by atomic mass is 9.92. The Hall–Kier alpha value is -1.39. The van der Waals surface area contributed by atoms with Crippen molar-refractivity contribution in [3.05, 3.63) is 63.4 Å². The molecule has 2 aromatic rings. The van der Waals surface area contributed by atoms with Gasteiger partial charge in [-0.1, -0.05) is 28.1 Å². The third kappa shape index (κ3) is 2.83. The highest BCUT2D eigenvalue weighted by molar-refractivity contribution is 9.10. The van der Waals surface area contributed by atoms with Gasteiger partial charge in [0.1, 0.15) is 17.7 Å². The first-order chi connectivity index (χ1) is 10.1. The Morgan fingerprint density at radius 3 is 2.76 bits per heavy atom. The third-order valence-electron chi connectivity index (χ3n) is 3.97. The van der Waals surface area contributed by atoms with Crippen LogP contribution in [-0.4, -0.2) is 7.05 Å². The second kappa shape index (κ2) is 5.78. The summed E-state index contributed by atoms with van der Waals surface area (Å²) in [6, 6.07) is 11.5. The standard InChI is InChI=1S/C17H17BrFNO/c1-10-7-11(3-6-14(10)19)16-9-15(20-2)13-5-4-12(18)8-17(13)21-16/h3-8,15-16,20H,9H2,1-2H3. The molecule has 0 fully saturated rings. The number of benzene rings is 2. The molecule has 1 N–H and O–H groups in total. The maximum Gasteiger partial charge on any atom is 0.126 e. The van der Waals surface area contributed by atoms with Crippen molar-refractivity contribution in [1.29, 1.82) is 0 Å². The molecule has 0 aliphatic carbocycles. The van der Waals surface area contributed by atoms with Gasteiger partial charge < -0.3 is 10.1 Å². The molecule has 4 heteroatoms. The Bertz CT molecular complexity index is 674. The van der Waals surface area contributed by atoms with E-state index in [1.54, 1.807) is 6.92 Å². The molecular formula is C17H17BrFNO. The second-order valence-electron chi connectivity index (χ2n) is 5.37. The molecule has 0 amide bonds. The van der Waals surface area contributed by atoms with Crippen LogP contribution >= 0.6 is 15.9 Å². The predicted octanol–water partition coefficient (Wildman–Crippen LogP) is 4.68. The molecule has 2 atom stereocenters. The van der Waals surface area contributed by atoms with Crippen molar-refractivity contribution < 1.29 is 9.13 Å². The van der Waals surface area contributed by atoms with E-state index in [1.165, 1.54) is 6.07 Å². The van der Waals surface area contributed by atoms with Gasteiger partial charge in [-0.2, -0.15) is 0 Å². The van der Waals surface area contributed by atoms with Crippen LogP contribution in [0.4, 0.5) is 4.39 Å². The van der Waals surface area contributed by atoms with Crippen LogP contribution in [0.5, 0.6) is 5.75 Å². The van der Waals surface area contributed by atoms with Crippen molar-refractivity contribution in [1.82, 2.24) is 5.32 Å². The lowest BCUT2D eigenvalue weighted by Gasteiger charge is -2.32. The molecule has 2 unspecified atom stereocenters. The number of hydrogen-bond donors (Lipinski definition) is 1. The van der Waals surface area contributed by atoms with Crippen molar-refractivity contribution in [3.63, 3.8) is 0 Å². The number of ether oxygens (including phenoxy) is 1. The zero-order valence-corrected chi connectivity index (χ0v) is 13.6. The van der Waals surface area contributed by atoms with Crippen LogP contribution in [0.1, 0.15) is 35.3 Å². The molecular weight excluding hydrogens is 333 g/mol. The number of halogens is 2. The molecule has 0 radical (unpaired) electrons. The number of nitrogens with one attached hydrogen (secondary N) is 1. The van der Waals surface area contributed by atoms with Gasteiger partial charge in [-0.05, 0) is 49.4 Å². The van der Waals surface area contributed by atoms with Crippen molar-refractivity contribution in [2.24, 2.45) is 0 Å². The van der Waals surface area contributed by atoms with Crippen molar-refractivity contribution in [3.8, 4) is 5.75 Å². The first-order valence-corrected chi connectivity index (χ1v) is 7.77. The number of aryl methyl sites for hydroxylation is 1. The maximum atomic E-state index is 13.4. The van der Waals surface area contributed by atoms with Gasteiger partial charge in [0.25, 0.3) is 0 Å². The van der Waals surface area contributed by atoms with Gasteiger partial charge in [-0.3, -0.25) is 0 Å². The van der Waals surface area contributed by atoms with Gasteiger partial charge in [-0.15, -0.1) is 0 Å². The lowest BCUT2D eigenvalue weighted by Crippen LogP contribution is -2.26. The van der Waals surface area contributed by atoms with E-state index in [2.05, 4.69) is 27.3 Å². The van der Waals surface area contributed by atoms with Crippen molar-refractivity contribution >= 4 is 15.9 Å². The van der Waals surface area contributed by atoms with Crippen LogP contribution in [0.3, 0.4) is 0 Å². The number of rotatable bonds is 2. The molecule has 0 saturated carbocycles. The second-order valence-corrected chi connectivity index (χ2v) is 6.29. The first-order valence-electron chi connectivity index (χ1n) is 6.98. The van der Waals surface area contributed by atoms with E-state index in [0.29, 0.717) is 5.56 Å². The molecule has 1 aliphatic rings. The maximum absolute atomic E-state index is 13.4. The van der Waals surface area contributed by atoms with E-state index in [0.717, 1.165) is 27.8 Å². The smallest absolute Gasteiger partial charge is 0.126 e. The minimum atomic E-state index is -0.178. The van der Waals surface area contributed by atoms with Crippen LogP contribution in [-0.2, 0) is 0 Å². The van der Waals surface area contributed by atoms with E-state index in [9.17, 15) is 4.39 Å². The molecule has 0 bridgehead atoms. The topological polar surface area (TPSA) is 21.3 Å². The first kappa shape index (κ1) is 14.5. The minimum Gasteiger partial charge on any atom is -0.485 e. The van der Waals surface area contributed by atoms with E-state index < -0.39 is 0 Å². The summed E-state index contributed by atoms with van der Waals surface area (Å²) >= 11 is 3.48. The van der Waals surface area contributed by atoms with Gasteiger partial charge in [0.2, 0.25) is 0 Å². The third-order valence-corrected chi connectivity index (χ3v) is 4.47. The van der Waals surface area contributed by atoms with Crippen LogP contribution < -0.4 is 10.1 Å². The predicted molar refractivity (Wildman–Crippen MR) is 85.1 cm³/mol. The van der Waals surface area contributed by atoms with Crippen LogP contribution in [0.2, 0.25) is 0 Å². The van der Waals surface area contributed by atoms with Crippen molar-refractivity contribution in [2.45, 2.75) is 25.5 Å². The average Bonchev–Trinajstić information content (AvgIpc) is 2.48. The van der Waals surface area contributed by atoms with E-state index in [1.807, 2.05) is 31.3 Å². The van der Waals surface area contributed by atoms with Gasteiger partial charge in [0.15, 0.2) is 0 Å². The monoisotopic (exact) mass is 349 g/mol. The van der Waals surface area contributed by atoms with E-state index in [-0.39, 0.29) is 18.0 Å². The summed E-state index contributed by atoms with van der Waals surface area (Å²) in [6.07, 6.45) is 0.763. The van der Waals surface area contributed by atoms with Gasteiger partial charge in [0.05, 0.1) is 0 Å². The highest BCUT2D eigenvalue weighted by atomic mass is 79.9. The summed E-state index contributed by atoms with van der Waals surface area (Å²) in [5.41, 5.74) is 2.83. The van der Waals surface area contributed by atoms with E-state index in [4.69, 9.17) is 4.74 Å². The van der Waals surface area contributed by atoms with Crippen LogP contribution in [0.15, 0.2) is 40.9 Å². The Morgan fingerprint density at radius 2 is 2.05 bits per heavy atom. The quantitative estimate of drug-likeness (QED) is 0.849. The fraction of sp³-hybridized carbons (Fsp3) is 0.294. The summed E-state index contributed by atoms with van der Waals surface area (Å²) in [5.74, 6) is 0.699. The molecule has 0 aromatic heterocycles. The largest absolute Gasteiger partial charge is 0.485 e. The normalized spacial score (nSPS) is 20.8. The van der Waals surface area contributed by atoms with Gasteiger partial charge >= 0.3 is 0 Å². The molecule has 0 spiro atoms. The minimum absolute atomic E-state index is 0.0662. The summed E-state index contributed by atoms with van der Waals surface area (Å²) in [5, 5.41) is 3.34. The fourth-order valence-corrected chi connectivity index (χ4v) is 3.13. The summed E-state index contributed by atoms with van der Waals surface area (Å²) in [4.78, 5) is 0. The Morgan fingerprint density at radius 1 is 1.24 bits per heavy atom. The van der Waals surface area contributed by atoms with Crippen molar-refractivity contribution in [2.75, 3.05) is 7.05 Å². The molecule has 1 aliphatic heterocycles. The molecule has 0 saturated heterocycles. The number of hydrogen-bond acceptors (Lipinski definition) is 2.